The van der Waals surface area contributed by atoms with Crippen molar-refractivity contribution in [3.05, 3.63) is 29.3 Å². The van der Waals surface area contributed by atoms with Gasteiger partial charge in [-0.25, -0.2) is 0 Å². The van der Waals surface area contributed by atoms with Crippen LogP contribution in [0.2, 0.25) is 0 Å². The van der Waals surface area contributed by atoms with Gasteiger partial charge in [-0.05, 0) is 80.7 Å². The topological polar surface area (TPSA) is 38.0 Å². The third-order valence-corrected chi connectivity index (χ3v) is 4.65. The van der Waals surface area contributed by atoms with Crippen molar-refractivity contribution in [3.8, 4) is 0 Å². The second-order valence-corrected chi connectivity index (χ2v) is 5.93. The fraction of sp³-hybridized carbons (Fsp3) is 0.625. The second kappa shape index (κ2) is 5.31. The van der Waals surface area contributed by atoms with Crippen molar-refractivity contribution in [2.24, 2.45) is 11.7 Å². The van der Waals surface area contributed by atoms with E-state index < -0.39 is 0 Å². The standard InChI is InChI=1S/C16H24N2/c17-11-12-4-7-15(8-5-12)18-16-9-6-13-2-1-3-14(13)10-16/h6,9-10,12,15,18H,1-5,7-8,11,17H2. The lowest BCUT2D eigenvalue weighted by Crippen LogP contribution is -2.29. The summed E-state index contributed by atoms with van der Waals surface area (Å²) >= 11 is 0. The molecule has 0 spiro atoms. The van der Waals surface area contributed by atoms with Crippen molar-refractivity contribution in [1.82, 2.24) is 0 Å². The quantitative estimate of drug-likeness (QED) is 0.857. The number of fused-ring (bicyclic) bond motifs is 1. The maximum Gasteiger partial charge on any atom is 0.0345 e. The van der Waals surface area contributed by atoms with E-state index in [1.165, 1.54) is 50.6 Å². The van der Waals surface area contributed by atoms with E-state index in [9.17, 15) is 0 Å². The third kappa shape index (κ3) is 2.54. The molecule has 2 aliphatic carbocycles. The molecule has 1 saturated carbocycles. The Kier molecular flexibility index (Phi) is 3.55. The van der Waals surface area contributed by atoms with Crippen molar-refractivity contribution in [2.45, 2.75) is 51.0 Å². The van der Waals surface area contributed by atoms with Gasteiger partial charge in [-0.1, -0.05) is 6.07 Å². The highest BCUT2D eigenvalue weighted by atomic mass is 14.9. The second-order valence-electron chi connectivity index (χ2n) is 5.93. The molecule has 2 heteroatoms. The molecule has 1 fully saturated rings. The first-order valence-corrected chi connectivity index (χ1v) is 7.43. The van der Waals surface area contributed by atoms with E-state index in [0.29, 0.717) is 6.04 Å². The van der Waals surface area contributed by atoms with Gasteiger partial charge in [0.1, 0.15) is 0 Å². The van der Waals surface area contributed by atoms with Crippen LogP contribution in [0.5, 0.6) is 0 Å². The van der Waals surface area contributed by atoms with Gasteiger partial charge in [0.05, 0.1) is 0 Å². The molecular formula is C16H24N2. The molecule has 2 nitrogen and oxygen atoms in total. The van der Waals surface area contributed by atoms with Crippen molar-refractivity contribution < 1.29 is 0 Å². The van der Waals surface area contributed by atoms with E-state index in [1.54, 1.807) is 11.1 Å². The fourth-order valence-corrected chi connectivity index (χ4v) is 3.44. The van der Waals surface area contributed by atoms with Crippen LogP contribution < -0.4 is 11.1 Å². The number of rotatable bonds is 3. The molecule has 1 aromatic rings. The lowest BCUT2D eigenvalue weighted by atomic mass is 9.86. The summed E-state index contributed by atoms with van der Waals surface area (Å²) in [4.78, 5) is 0. The Morgan fingerprint density at radius 3 is 2.61 bits per heavy atom. The van der Waals surface area contributed by atoms with Crippen LogP contribution in [0, 0.1) is 5.92 Å². The summed E-state index contributed by atoms with van der Waals surface area (Å²) in [6.07, 6.45) is 9.01. The van der Waals surface area contributed by atoms with Gasteiger partial charge in [0.25, 0.3) is 0 Å². The maximum absolute atomic E-state index is 5.74. The minimum absolute atomic E-state index is 0.659. The Hall–Kier alpha value is -1.02. The molecule has 0 atom stereocenters. The minimum atomic E-state index is 0.659. The molecule has 0 amide bonds. The van der Waals surface area contributed by atoms with Crippen LogP contribution in [-0.2, 0) is 12.8 Å². The van der Waals surface area contributed by atoms with Gasteiger partial charge in [0, 0.05) is 11.7 Å². The Bertz CT molecular complexity index is 406. The summed E-state index contributed by atoms with van der Waals surface area (Å²) in [5.74, 6) is 0.767. The van der Waals surface area contributed by atoms with Crippen LogP contribution in [0.25, 0.3) is 0 Å². The molecule has 18 heavy (non-hydrogen) atoms. The predicted molar refractivity (Wildman–Crippen MR) is 76.9 cm³/mol. The van der Waals surface area contributed by atoms with Crippen LogP contribution in [-0.4, -0.2) is 12.6 Å². The number of hydrogen-bond donors (Lipinski definition) is 2. The van der Waals surface area contributed by atoms with Crippen LogP contribution in [0.1, 0.15) is 43.2 Å². The molecule has 98 valence electrons. The van der Waals surface area contributed by atoms with Crippen molar-refractivity contribution >= 4 is 5.69 Å². The van der Waals surface area contributed by atoms with E-state index in [0.717, 1.165) is 12.5 Å². The summed E-state index contributed by atoms with van der Waals surface area (Å²) in [7, 11) is 0. The molecule has 0 aromatic heterocycles. The third-order valence-electron chi connectivity index (χ3n) is 4.65. The lowest BCUT2D eigenvalue weighted by molar-refractivity contribution is 0.345. The first kappa shape index (κ1) is 12.0. The minimum Gasteiger partial charge on any atom is -0.382 e. The van der Waals surface area contributed by atoms with Crippen LogP contribution >= 0.6 is 0 Å². The molecule has 0 bridgehead atoms. The lowest BCUT2D eigenvalue weighted by Gasteiger charge is -2.29. The average molecular weight is 244 g/mol. The predicted octanol–water partition coefficient (Wildman–Crippen LogP) is 3.10. The molecule has 3 N–H and O–H groups in total. The van der Waals surface area contributed by atoms with Crippen molar-refractivity contribution in [2.75, 3.05) is 11.9 Å². The Balaban J connectivity index is 1.60. The number of anilines is 1. The monoisotopic (exact) mass is 244 g/mol. The van der Waals surface area contributed by atoms with Crippen LogP contribution in [0.15, 0.2) is 18.2 Å². The molecule has 2 aliphatic rings. The number of nitrogens with two attached hydrogens (primary N) is 1. The molecule has 0 heterocycles. The SMILES string of the molecule is NCC1CCC(Nc2ccc3c(c2)CCC3)CC1. The molecule has 0 unspecified atom stereocenters. The average Bonchev–Trinajstić information content (AvgIpc) is 2.87. The molecular weight excluding hydrogens is 220 g/mol. The number of nitrogens with one attached hydrogen (secondary N) is 1. The van der Waals surface area contributed by atoms with E-state index in [2.05, 4.69) is 23.5 Å². The Morgan fingerprint density at radius 2 is 1.83 bits per heavy atom. The van der Waals surface area contributed by atoms with Crippen LogP contribution in [0.4, 0.5) is 5.69 Å². The van der Waals surface area contributed by atoms with Crippen molar-refractivity contribution in [1.29, 1.82) is 0 Å². The summed E-state index contributed by atoms with van der Waals surface area (Å²) in [6.45, 7) is 0.867. The fourth-order valence-electron chi connectivity index (χ4n) is 3.44. The zero-order chi connectivity index (χ0) is 12.4. The van der Waals surface area contributed by atoms with Gasteiger partial charge in [-0.2, -0.15) is 0 Å². The Labute approximate surface area is 110 Å². The van der Waals surface area contributed by atoms with Gasteiger partial charge < -0.3 is 11.1 Å². The number of aryl methyl sites for hydroxylation is 2. The van der Waals surface area contributed by atoms with E-state index in [1.807, 2.05) is 0 Å². The Morgan fingerprint density at radius 1 is 1.06 bits per heavy atom. The summed E-state index contributed by atoms with van der Waals surface area (Å²) in [6, 6.07) is 7.61. The van der Waals surface area contributed by atoms with Gasteiger partial charge in [-0.15, -0.1) is 0 Å². The van der Waals surface area contributed by atoms with Crippen molar-refractivity contribution in [3.63, 3.8) is 0 Å². The number of hydrogen-bond acceptors (Lipinski definition) is 2. The zero-order valence-corrected chi connectivity index (χ0v) is 11.1. The molecule has 0 radical (unpaired) electrons. The smallest absolute Gasteiger partial charge is 0.0345 e. The maximum atomic E-state index is 5.74. The summed E-state index contributed by atoms with van der Waals surface area (Å²) in [5.41, 5.74) is 10.2. The first-order chi connectivity index (χ1) is 8.85. The summed E-state index contributed by atoms with van der Waals surface area (Å²) < 4.78 is 0. The zero-order valence-electron chi connectivity index (χ0n) is 11.1. The number of benzene rings is 1. The van der Waals surface area contributed by atoms with Gasteiger partial charge in [-0.3, -0.25) is 0 Å². The molecule has 1 aromatic carbocycles. The van der Waals surface area contributed by atoms with E-state index in [-0.39, 0.29) is 0 Å². The molecule has 0 aliphatic heterocycles. The van der Waals surface area contributed by atoms with Gasteiger partial charge in [0.2, 0.25) is 0 Å². The van der Waals surface area contributed by atoms with E-state index in [4.69, 9.17) is 5.73 Å². The van der Waals surface area contributed by atoms with E-state index >= 15 is 0 Å². The normalized spacial score (nSPS) is 26.9. The molecule has 0 saturated heterocycles. The summed E-state index contributed by atoms with van der Waals surface area (Å²) in [5, 5.41) is 3.71. The molecule has 3 rings (SSSR count). The highest BCUT2D eigenvalue weighted by Crippen LogP contribution is 2.28. The first-order valence-electron chi connectivity index (χ1n) is 7.43. The van der Waals surface area contributed by atoms with Gasteiger partial charge in [0.15, 0.2) is 0 Å². The van der Waals surface area contributed by atoms with Crippen LogP contribution in [0.3, 0.4) is 0 Å². The van der Waals surface area contributed by atoms with Gasteiger partial charge >= 0.3 is 0 Å². The highest BCUT2D eigenvalue weighted by molar-refractivity contribution is 5.50. The largest absolute Gasteiger partial charge is 0.382 e. The highest BCUT2D eigenvalue weighted by Gasteiger charge is 2.20.